The van der Waals surface area contributed by atoms with Gasteiger partial charge in [0, 0.05) is 10.6 Å². The Balaban J connectivity index is 1.87. The maximum absolute atomic E-state index is 13.3. The van der Waals surface area contributed by atoms with Crippen molar-refractivity contribution in [2.75, 3.05) is 5.32 Å². The number of aryl methyl sites for hydroxylation is 1. The fourth-order valence-corrected chi connectivity index (χ4v) is 4.39. The number of fused-ring (bicyclic) bond motifs is 1. The highest BCUT2D eigenvalue weighted by molar-refractivity contribution is 9.11. The number of thiophene rings is 1. The van der Waals surface area contributed by atoms with Crippen LogP contribution in [-0.4, -0.2) is 0 Å². The lowest BCUT2D eigenvalue weighted by Crippen LogP contribution is -2.15. The summed E-state index contributed by atoms with van der Waals surface area (Å²) in [7, 11) is 0. The number of rotatable bonds is 2. The highest BCUT2D eigenvalue weighted by Gasteiger charge is 2.22. The van der Waals surface area contributed by atoms with Gasteiger partial charge in [0.25, 0.3) is 0 Å². The molecule has 1 aliphatic carbocycles. The second kappa shape index (κ2) is 5.55. The third-order valence-corrected chi connectivity index (χ3v) is 5.23. The molecule has 0 saturated heterocycles. The molecule has 20 heavy (non-hydrogen) atoms. The topological polar surface area (TPSA) is 35.8 Å². The SMILES string of the molecule is N#Cc1cc(NC2CCCc3sc(Br)cc32)ccc1F. The highest BCUT2D eigenvalue weighted by atomic mass is 79.9. The van der Waals surface area contributed by atoms with Crippen LogP contribution in [0.15, 0.2) is 28.1 Å². The van der Waals surface area contributed by atoms with E-state index in [-0.39, 0.29) is 11.6 Å². The van der Waals surface area contributed by atoms with Crippen molar-refractivity contribution in [1.82, 2.24) is 0 Å². The van der Waals surface area contributed by atoms with Crippen molar-refractivity contribution in [3.05, 3.63) is 49.9 Å². The smallest absolute Gasteiger partial charge is 0.141 e. The van der Waals surface area contributed by atoms with Crippen molar-refractivity contribution >= 4 is 33.0 Å². The van der Waals surface area contributed by atoms with E-state index < -0.39 is 5.82 Å². The molecule has 2 aromatic rings. The van der Waals surface area contributed by atoms with E-state index in [4.69, 9.17) is 5.26 Å². The third kappa shape index (κ3) is 2.58. The first-order chi connectivity index (χ1) is 9.67. The van der Waals surface area contributed by atoms with E-state index >= 15 is 0 Å². The molecule has 0 aliphatic heterocycles. The maximum atomic E-state index is 13.3. The Morgan fingerprint density at radius 3 is 3.05 bits per heavy atom. The normalized spacial score (nSPS) is 17.4. The summed E-state index contributed by atoms with van der Waals surface area (Å²) >= 11 is 5.31. The summed E-state index contributed by atoms with van der Waals surface area (Å²) in [6.45, 7) is 0. The molecule has 1 aromatic heterocycles. The summed E-state index contributed by atoms with van der Waals surface area (Å²) in [5.74, 6) is -0.472. The van der Waals surface area contributed by atoms with Gasteiger partial charge < -0.3 is 5.32 Å². The molecular weight excluding hydrogens is 339 g/mol. The fraction of sp³-hybridized carbons (Fsp3) is 0.267. The summed E-state index contributed by atoms with van der Waals surface area (Å²) in [5, 5.41) is 12.3. The summed E-state index contributed by atoms with van der Waals surface area (Å²) in [5.41, 5.74) is 2.19. The molecule has 0 fully saturated rings. The first-order valence-corrected chi connectivity index (χ1v) is 8.02. The molecule has 1 aromatic carbocycles. The van der Waals surface area contributed by atoms with Gasteiger partial charge >= 0.3 is 0 Å². The van der Waals surface area contributed by atoms with E-state index in [0.717, 1.165) is 28.7 Å². The lowest BCUT2D eigenvalue weighted by atomic mass is 9.94. The summed E-state index contributed by atoms with van der Waals surface area (Å²) in [6.07, 6.45) is 3.32. The minimum atomic E-state index is -0.472. The second-order valence-electron chi connectivity index (χ2n) is 4.82. The van der Waals surface area contributed by atoms with Crippen molar-refractivity contribution in [2.24, 2.45) is 0 Å². The van der Waals surface area contributed by atoms with E-state index in [9.17, 15) is 4.39 Å². The first-order valence-electron chi connectivity index (χ1n) is 6.41. The van der Waals surface area contributed by atoms with Gasteiger partial charge in [0.15, 0.2) is 0 Å². The molecule has 5 heteroatoms. The van der Waals surface area contributed by atoms with Gasteiger partial charge in [-0.1, -0.05) is 0 Å². The van der Waals surface area contributed by atoms with Crippen LogP contribution in [0.2, 0.25) is 0 Å². The third-order valence-electron chi connectivity index (χ3n) is 3.51. The Bertz CT molecular complexity index is 690. The molecule has 1 heterocycles. The van der Waals surface area contributed by atoms with Crippen LogP contribution in [0, 0.1) is 17.1 Å². The molecule has 0 saturated carbocycles. The van der Waals surface area contributed by atoms with Crippen LogP contribution in [-0.2, 0) is 6.42 Å². The molecule has 1 aliphatic rings. The maximum Gasteiger partial charge on any atom is 0.141 e. The van der Waals surface area contributed by atoms with E-state index in [0.29, 0.717) is 0 Å². The van der Waals surface area contributed by atoms with Gasteiger partial charge in [-0.05, 0) is 65.0 Å². The van der Waals surface area contributed by atoms with Crippen LogP contribution in [0.5, 0.6) is 0 Å². The minimum Gasteiger partial charge on any atom is -0.378 e. The van der Waals surface area contributed by atoms with Crippen LogP contribution in [0.25, 0.3) is 0 Å². The van der Waals surface area contributed by atoms with E-state index in [1.807, 2.05) is 6.07 Å². The van der Waals surface area contributed by atoms with Crippen molar-refractivity contribution in [3.8, 4) is 6.07 Å². The number of anilines is 1. The molecule has 2 nitrogen and oxygen atoms in total. The fourth-order valence-electron chi connectivity index (χ4n) is 2.57. The lowest BCUT2D eigenvalue weighted by molar-refractivity contribution is 0.607. The Labute approximate surface area is 129 Å². The van der Waals surface area contributed by atoms with Gasteiger partial charge in [-0.2, -0.15) is 5.26 Å². The van der Waals surface area contributed by atoms with Crippen LogP contribution < -0.4 is 5.32 Å². The Morgan fingerprint density at radius 1 is 1.40 bits per heavy atom. The number of benzene rings is 1. The van der Waals surface area contributed by atoms with Crippen molar-refractivity contribution in [3.63, 3.8) is 0 Å². The van der Waals surface area contributed by atoms with Crippen LogP contribution in [0.4, 0.5) is 10.1 Å². The van der Waals surface area contributed by atoms with E-state index in [1.165, 1.54) is 16.5 Å². The largest absolute Gasteiger partial charge is 0.378 e. The molecule has 0 radical (unpaired) electrons. The summed E-state index contributed by atoms with van der Waals surface area (Å²) in [4.78, 5) is 1.41. The van der Waals surface area contributed by atoms with Crippen LogP contribution in [0.3, 0.4) is 0 Å². The molecule has 0 bridgehead atoms. The molecule has 0 spiro atoms. The second-order valence-corrected chi connectivity index (χ2v) is 7.34. The Kier molecular flexibility index (Phi) is 3.77. The average Bonchev–Trinajstić information content (AvgIpc) is 2.82. The van der Waals surface area contributed by atoms with Gasteiger partial charge in [-0.25, -0.2) is 4.39 Å². The number of nitrogens with one attached hydrogen (secondary N) is 1. The molecule has 0 amide bonds. The first kappa shape index (κ1) is 13.6. The lowest BCUT2D eigenvalue weighted by Gasteiger charge is -2.24. The molecule has 3 rings (SSSR count). The van der Waals surface area contributed by atoms with Crippen LogP contribution >= 0.6 is 27.3 Å². The zero-order chi connectivity index (χ0) is 14.1. The number of nitriles is 1. The Morgan fingerprint density at radius 2 is 2.25 bits per heavy atom. The monoisotopic (exact) mass is 350 g/mol. The van der Waals surface area contributed by atoms with Crippen molar-refractivity contribution in [2.45, 2.75) is 25.3 Å². The number of nitrogens with zero attached hydrogens (tertiary/aromatic N) is 1. The Hall–Kier alpha value is -1.38. The predicted molar refractivity (Wildman–Crippen MR) is 82.4 cm³/mol. The van der Waals surface area contributed by atoms with Gasteiger partial charge in [0.1, 0.15) is 11.9 Å². The van der Waals surface area contributed by atoms with E-state index in [1.54, 1.807) is 23.5 Å². The molecule has 1 unspecified atom stereocenters. The van der Waals surface area contributed by atoms with Crippen molar-refractivity contribution < 1.29 is 4.39 Å². The van der Waals surface area contributed by atoms with Gasteiger partial charge in [-0.3, -0.25) is 0 Å². The zero-order valence-electron chi connectivity index (χ0n) is 10.6. The zero-order valence-corrected chi connectivity index (χ0v) is 13.0. The van der Waals surface area contributed by atoms with Gasteiger partial charge in [0.2, 0.25) is 0 Å². The highest BCUT2D eigenvalue weighted by Crippen LogP contribution is 2.39. The van der Waals surface area contributed by atoms with Crippen LogP contribution in [0.1, 0.15) is 34.9 Å². The molecular formula is C15H12BrFN2S. The van der Waals surface area contributed by atoms with Gasteiger partial charge in [-0.15, -0.1) is 11.3 Å². The molecule has 1 N–H and O–H groups in total. The molecule has 1 atom stereocenters. The number of hydrogen-bond donors (Lipinski definition) is 1. The quantitative estimate of drug-likeness (QED) is 0.826. The number of halogens is 2. The molecule has 102 valence electrons. The summed E-state index contributed by atoms with van der Waals surface area (Å²) < 4.78 is 14.5. The standard InChI is InChI=1S/C15H12BrFN2S/c16-15-7-11-13(2-1-3-14(11)20-15)19-10-4-5-12(17)9(6-10)8-18/h4-7,13,19H,1-3H2. The van der Waals surface area contributed by atoms with Gasteiger partial charge in [0.05, 0.1) is 15.4 Å². The van der Waals surface area contributed by atoms with E-state index in [2.05, 4.69) is 27.3 Å². The minimum absolute atomic E-state index is 0.0810. The predicted octanol–water partition coefficient (Wildman–Crippen LogP) is 5.01. The summed E-state index contributed by atoms with van der Waals surface area (Å²) in [6, 6.07) is 8.87. The number of hydrogen-bond acceptors (Lipinski definition) is 3. The average molecular weight is 351 g/mol. The van der Waals surface area contributed by atoms with Crippen molar-refractivity contribution in [1.29, 1.82) is 5.26 Å².